The third-order valence-electron chi connectivity index (χ3n) is 3.65. The lowest BCUT2D eigenvalue weighted by molar-refractivity contribution is 0.0946. The van der Waals surface area contributed by atoms with Gasteiger partial charge in [0.2, 0.25) is 0 Å². The normalized spacial score (nSPS) is 10.5. The van der Waals surface area contributed by atoms with Gasteiger partial charge < -0.3 is 10.1 Å². The first kappa shape index (κ1) is 17.2. The van der Waals surface area contributed by atoms with Crippen molar-refractivity contribution in [3.05, 3.63) is 70.3 Å². The van der Waals surface area contributed by atoms with Crippen molar-refractivity contribution in [2.75, 3.05) is 6.61 Å². The second kappa shape index (κ2) is 7.98. The molecule has 0 aliphatic rings. The lowest BCUT2D eigenvalue weighted by atomic mass is 10.1. The molecule has 2 N–H and O–H groups in total. The number of nitrogens with zero attached hydrogens (tertiary/aromatic N) is 1. The second-order valence-corrected chi connectivity index (χ2v) is 6.35. The molecule has 128 valence electrons. The molecule has 0 fully saturated rings. The van der Waals surface area contributed by atoms with Crippen LogP contribution in [0.15, 0.2) is 59.1 Å². The zero-order chi connectivity index (χ0) is 17.6. The van der Waals surface area contributed by atoms with Crippen molar-refractivity contribution in [3.8, 4) is 17.0 Å². The standard InChI is InChI=1S/C19H18BrN3O2/c1-2-25-16-9-3-13(4-10-16)12-21-19(24)18-11-17(22-23-18)14-5-7-15(20)8-6-14/h3-11H,2,12H2,1H3,(H,21,24)(H,22,23). The van der Waals surface area contributed by atoms with Gasteiger partial charge in [-0.25, -0.2) is 0 Å². The van der Waals surface area contributed by atoms with Gasteiger partial charge in [0.1, 0.15) is 11.4 Å². The molecule has 2 aromatic carbocycles. The smallest absolute Gasteiger partial charge is 0.269 e. The fourth-order valence-corrected chi connectivity index (χ4v) is 2.62. The molecule has 1 heterocycles. The summed E-state index contributed by atoms with van der Waals surface area (Å²) in [7, 11) is 0. The molecule has 0 atom stereocenters. The lowest BCUT2D eigenvalue weighted by Crippen LogP contribution is -2.23. The van der Waals surface area contributed by atoms with E-state index in [1.165, 1.54) is 0 Å². The minimum Gasteiger partial charge on any atom is -0.494 e. The molecule has 0 aliphatic carbocycles. The summed E-state index contributed by atoms with van der Waals surface area (Å²) in [5, 5.41) is 9.88. The summed E-state index contributed by atoms with van der Waals surface area (Å²) in [4.78, 5) is 12.3. The van der Waals surface area contributed by atoms with E-state index in [2.05, 4.69) is 31.4 Å². The summed E-state index contributed by atoms with van der Waals surface area (Å²) in [6.45, 7) is 3.02. The van der Waals surface area contributed by atoms with Crippen LogP contribution in [0.2, 0.25) is 0 Å². The number of hydrogen-bond donors (Lipinski definition) is 2. The lowest BCUT2D eigenvalue weighted by Gasteiger charge is -2.06. The van der Waals surface area contributed by atoms with Gasteiger partial charge in [0.15, 0.2) is 0 Å². The first-order chi connectivity index (χ1) is 12.2. The summed E-state index contributed by atoms with van der Waals surface area (Å²) in [5.74, 6) is 0.634. The third-order valence-corrected chi connectivity index (χ3v) is 4.18. The van der Waals surface area contributed by atoms with E-state index < -0.39 is 0 Å². The maximum atomic E-state index is 12.3. The van der Waals surface area contributed by atoms with Crippen LogP contribution in [0.1, 0.15) is 23.0 Å². The van der Waals surface area contributed by atoms with Gasteiger partial charge in [0, 0.05) is 16.6 Å². The van der Waals surface area contributed by atoms with Crippen molar-refractivity contribution in [2.45, 2.75) is 13.5 Å². The van der Waals surface area contributed by atoms with Gasteiger partial charge in [-0.1, -0.05) is 40.2 Å². The molecule has 0 spiro atoms. The molecule has 5 nitrogen and oxygen atoms in total. The van der Waals surface area contributed by atoms with Crippen molar-refractivity contribution in [1.82, 2.24) is 15.5 Å². The maximum absolute atomic E-state index is 12.3. The van der Waals surface area contributed by atoms with Crippen LogP contribution in [0.25, 0.3) is 11.3 Å². The zero-order valence-corrected chi connectivity index (χ0v) is 15.3. The van der Waals surface area contributed by atoms with Gasteiger partial charge in [-0.3, -0.25) is 9.89 Å². The highest BCUT2D eigenvalue weighted by Gasteiger charge is 2.11. The largest absolute Gasteiger partial charge is 0.494 e. The van der Waals surface area contributed by atoms with E-state index in [0.29, 0.717) is 18.8 Å². The van der Waals surface area contributed by atoms with Crippen molar-refractivity contribution >= 4 is 21.8 Å². The van der Waals surface area contributed by atoms with Crippen molar-refractivity contribution in [3.63, 3.8) is 0 Å². The molecule has 0 unspecified atom stereocenters. The maximum Gasteiger partial charge on any atom is 0.269 e. The van der Waals surface area contributed by atoms with Crippen LogP contribution in [0.3, 0.4) is 0 Å². The van der Waals surface area contributed by atoms with Gasteiger partial charge in [0.05, 0.1) is 12.3 Å². The predicted octanol–water partition coefficient (Wildman–Crippen LogP) is 4.17. The third kappa shape index (κ3) is 4.48. The molecule has 3 rings (SSSR count). The Morgan fingerprint density at radius 3 is 2.56 bits per heavy atom. The zero-order valence-electron chi connectivity index (χ0n) is 13.8. The van der Waals surface area contributed by atoms with Crippen molar-refractivity contribution in [2.24, 2.45) is 0 Å². The molecule has 25 heavy (non-hydrogen) atoms. The fraction of sp³-hybridized carbons (Fsp3) is 0.158. The number of carbonyl (C=O) groups excluding carboxylic acids is 1. The number of halogens is 1. The number of hydrogen-bond acceptors (Lipinski definition) is 3. The Balaban J connectivity index is 1.61. The second-order valence-electron chi connectivity index (χ2n) is 5.43. The van der Waals surface area contributed by atoms with Crippen molar-refractivity contribution < 1.29 is 9.53 Å². The number of amides is 1. The highest BCUT2D eigenvalue weighted by Crippen LogP contribution is 2.20. The number of ether oxygens (including phenoxy) is 1. The van der Waals surface area contributed by atoms with Crippen molar-refractivity contribution in [1.29, 1.82) is 0 Å². The summed E-state index contributed by atoms with van der Waals surface area (Å²) in [6.07, 6.45) is 0. The van der Waals surface area contributed by atoms with E-state index in [0.717, 1.165) is 27.0 Å². The molecular formula is C19H18BrN3O2. The summed E-state index contributed by atoms with van der Waals surface area (Å²) in [6, 6.07) is 17.2. The van der Waals surface area contributed by atoms with E-state index >= 15 is 0 Å². The van der Waals surface area contributed by atoms with Gasteiger partial charge in [-0.05, 0) is 42.8 Å². The van der Waals surface area contributed by atoms with Crippen LogP contribution >= 0.6 is 15.9 Å². The Kier molecular flexibility index (Phi) is 5.50. The highest BCUT2D eigenvalue weighted by molar-refractivity contribution is 9.10. The molecule has 0 radical (unpaired) electrons. The Bertz CT molecular complexity index is 842. The summed E-state index contributed by atoms with van der Waals surface area (Å²) >= 11 is 3.40. The SMILES string of the molecule is CCOc1ccc(CNC(=O)c2cc(-c3ccc(Br)cc3)n[nH]2)cc1. The minimum absolute atomic E-state index is 0.190. The molecule has 0 bridgehead atoms. The number of aromatic nitrogens is 2. The van der Waals surface area contributed by atoms with Gasteiger partial charge in [-0.15, -0.1) is 0 Å². The number of carbonyl (C=O) groups is 1. The topological polar surface area (TPSA) is 67.0 Å². The number of benzene rings is 2. The number of H-pyrrole nitrogens is 1. The Morgan fingerprint density at radius 2 is 1.88 bits per heavy atom. The van der Waals surface area contributed by atoms with Crippen LogP contribution in [-0.4, -0.2) is 22.7 Å². The monoisotopic (exact) mass is 399 g/mol. The van der Waals surface area contributed by atoms with Gasteiger partial charge in [-0.2, -0.15) is 5.10 Å². The predicted molar refractivity (Wildman–Crippen MR) is 101 cm³/mol. The number of nitrogens with one attached hydrogen (secondary N) is 2. The first-order valence-corrected chi connectivity index (χ1v) is 8.76. The first-order valence-electron chi connectivity index (χ1n) is 7.97. The van der Waals surface area contributed by atoms with E-state index in [-0.39, 0.29) is 5.91 Å². The fourth-order valence-electron chi connectivity index (χ4n) is 2.35. The van der Waals surface area contributed by atoms with Crippen LogP contribution in [0.4, 0.5) is 0 Å². The van der Waals surface area contributed by atoms with Crippen LogP contribution in [0.5, 0.6) is 5.75 Å². The summed E-state index contributed by atoms with van der Waals surface area (Å²) < 4.78 is 6.40. The van der Waals surface area contributed by atoms with Crippen LogP contribution in [-0.2, 0) is 6.54 Å². The quantitative estimate of drug-likeness (QED) is 0.653. The average molecular weight is 400 g/mol. The Hall–Kier alpha value is -2.60. The molecule has 1 aromatic heterocycles. The molecule has 0 aliphatic heterocycles. The Labute approximate surface area is 154 Å². The van der Waals surface area contributed by atoms with E-state index in [1.54, 1.807) is 6.07 Å². The molecule has 0 saturated carbocycles. The molecule has 3 aromatic rings. The van der Waals surface area contributed by atoms with E-state index in [9.17, 15) is 4.79 Å². The van der Waals surface area contributed by atoms with Gasteiger partial charge in [0.25, 0.3) is 5.91 Å². The summed E-state index contributed by atoms with van der Waals surface area (Å²) in [5.41, 5.74) is 3.12. The number of aromatic amines is 1. The molecular weight excluding hydrogens is 382 g/mol. The number of rotatable bonds is 6. The minimum atomic E-state index is -0.190. The Morgan fingerprint density at radius 1 is 1.16 bits per heavy atom. The van der Waals surface area contributed by atoms with E-state index in [1.807, 2.05) is 55.5 Å². The van der Waals surface area contributed by atoms with E-state index in [4.69, 9.17) is 4.74 Å². The average Bonchev–Trinajstić information content (AvgIpc) is 3.12. The molecule has 1 amide bonds. The highest BCUT2D eigenvalue weighted by atomic mass is 79.9. The molecule has 0 saturated heterocycles. The van der Waals surface area contributed by atoms with Crippen LogP contribution < -0.4 is 10.1 Å². The molecule has 6 heteroatoms. The van der Waals surface area contributed by atoms with Crippen LogP contribution in [0, 0.1) is 0 Å². The van der Waals surface area contributed by atoms with Gasteiger partial charge >= 0.3 is 0 Å².